The molecule has 1 fully saturated rings. The average Bonchev–Trinajstić information content (AvgIpc) is 3.40. The van der Waals surface area contributed by atoms with Crippen molar-refractivity contribution in [3.63, 3.8) is 0 Å². The molecule has 1 aromatic heterocycles. The molecule has 0 radical (unpaired) electrons. The summed E-state index contributed by atoms with van der Waals surface area (Å²) in [7, 11) is -2.13. The molecule has 1 aliphatic rings. The summed E-state index contributed by atoms with van der Waals surface area (Å²) in [5.74, 6) is 1.10. The first-order chi connectivity index (χ1) is 13.9. The lowest BCUT2D eigenvalue weighted by Crippen LogP contribution is -2.33. The number of aryl methyl sites for hydroxylation is 2. The van der Waals surface area contributed by atoms with E-state index in [1.165, 1.54) is 0 Å². The maximum atomic E-state index is 13.7. The Bertz CT molecular complexity index is 1150. The second-order valence-electron chi connectivity index (χ2n) is 7.57. The summed E-state index contributed by atoms with van der Waals surface area (Å²) in [5.41, 5.74) is 2.67. The maximum Gasteiger partial charge on any atom is 0.248 e. The Morgan fingerprint density at radius 3 is 2.45 bits per heavy atom. The highest BCUT2D eigenvalue weighted by Crippen LogP contribution is 2.48. The van der Waals surface area contributed by atoms with Crippen LogP contribution < -0.4 is 4.74 Å². The fourth-order valence-corrected chi connectivity index (χ4v) is 6.17. The molecule has 2 aromatic carbocycles. The predicted molar refractivity (Wildman–Crippen MR) is 110 cm³/mol. The fourth-order valence-electron chi connectivity index (χ4n) is 4.00. The van der Waals surface area contributed by atoms with Gasteiger partial charge >= 0.3 is 0 Å². The maximum absolute atomic E-state index is 13.7. The van der Waals surface area contributed by atoms with Crippen molar-refractivity contribution in [1.29, 1.82) is 0 Å². The minimum absolute atomic E-state index is 0.161. The van der Waals surface area contributed by atoms with Gasteiger partial charge in [0, 0.05) is 0 Å². The van der Waals surface area contributed by atoms with Gasteiger partial charge in [-0.3, -0.25) is 0 Å². The fraction of sp³-hybridized carbons (Fsp3) is 0.364. The van der Waals surface area contributed by atoms with Crippen LogP contribution in [-0.2, 0) is 14.6 Å². The van der Waals surface area contributed by atoms with Gasteiger partial charge in [-0.15, -0.1) is 0 Å². The highest BCUT2D eigenvalue weighted by atomic mass is 32.2. The third-order valence-corrected chi connectivity index (χ3v) is 8.36. The SMILES string of the molecule is COc1ccccc1-c1noc(C2(S(=O)(=O)c3ccc(C)c(C)c3)CCCC2)n1. The van der Waals surface area contributed by atoms with Gasteiger partial charge in [0.2, 0.25) is 11.7 Å². The molecule has 1 heterocycles. The summed E-state index contributed by atoms with van der Waals surface area (Å²) in [6.45, 7) is 3.89. The topological polar surface area (TPSA) is 82.3 Å². The number of aromatic nitrogens is 2. The van der Waals surface area contributed by atoms with Crippen LogP contribution in [0.5, 0.6) is 5.75 Å². The molecule has 0 unspecified atom stereocenters. The molecule has 0 N–H and O–H groups in total. The van der Waals surface area contributed by atoms with Crippen molar-refractivity contribution in [2.24, 2.45) is 0 Å². The van der Waals surface area contributed by atoms with Crippen LogP contribution in [0.3, 0.4) is 0 Å². The summed E-state index contributed by atoms with van der Waals surface area (Å²) in [6, 6.07) is 12.6. The Labute approximate surface area is 170 Å². The van der Waals surface area contributed by atoms with Crippen LogP contribution in [0, 0.1) is 13.8 Å². The number of para-hydroxylation sites is 1. The zero-order chi connectivity index (χ0) is 20.6. The van der Waals surface area contributed by atoms with Crippen molar-refractivity contribution in [2.75, 3.05) is 7.11 Å². The second-order valence-corrected chi connectivity index (χ2v) is 9.83. The monoisotopic (exact) mass is 412 g/mol. The highest BCUT2D eigenvalue weighted by molar-refractivity contribution is 7.92. The van der Waals surface area contributed by atoms with Crippen LogP contribution in [0.25, 0.3) is 11.4 Å². The predicted octanol–water partition coefficient (Wildman–Crippen LogP) is 4.61. The van der Waals surface area contributed by atoms with E-state index in [9.17, 15) is 8.42 Å². The lowest BCUT2D eigenvalue weighted by molar-refractivity contribution is 0.330. The molecule has 7 heteroatoms. The molecule has 0 atom stereocenters. The van der Waals surface area contributed by atoms with E-state index in [1.54, 1.807) is 19.2 Å². The van der Waals surface area contributed by atoms with Crippen LogP contribution in [0.4, 0.5) is 0 Å². The molecule has 152 valence electrons. The summed E-state index contributed by atoms with van der Waals surface area (Å²) in [4.78, 5) is 4.84. The van der Waals surface area contributed by atoms with Gasteiger partial charge in [0.15, 0.2) is 14.6 Å². The molecule has 6 nitrogen and oxygen atoms in total. The van der Waals surface area contributed by atoms with Gasteiger partial charge in [0.05, 0.1) is 17.6 Å². The number of methoxy groups -OCH3 is 1. The van der Waals surface area contributed by atoms with Gasteiger partial charge in [0.25, 0.3) is 0 Å². The third-order valence-electron chi connectivity index (χ3n) is 5.88. The lowest BCUT2D eigenvalue weighted by atomic mass is 10.1. The van der Waals surface area contributed by atoms with Gasteiger partial charge in [-0.25, -0.2) is 8.42 Å². The van der Waals surface area contributed by atoms with Crippen LogP contribution >= 0.6 is 0 Å². The summed E-state index contributed by atoms with van der Waals surface area (Å²) in [5, 5.41) is 4.09. The van der Waals surface area contributed by atoms with Gasteiger partial charge in [-0.1, -0.05) is 36.2 Å². The Balaban J connectivity index is 1.82. The number of sulfone groups is 1. The van der Waals surface area contributed by atoms with Crippen LogP contribution in [0.15, 0.2) is 51.9 Å². The molecule has 1 saturated carbocycles. The molecule has 0 bridgehead atoms. The average molecular weight is 413 g/mol. The minimum Gasteiger partial charge on any atom is -0.496 e. The van der Waals surface area contributed by atoms with Gasteiger partial charge < -0.3 is 9.26 Å². The minimum atomic E-state index is -3.70. The van der Waals surface area contributed by atoms with Crippen molar-refractivity contribution in [3.8, 4) is 17.1 Å². The van der Waals surface area contributed by atoms with E-state index in [-0.39, 0.29) is 5.89 Å². The zero-order valence-corrected chi connectivity index (χ0v) is 17.6. The zero-order valence-electron chi connectivity index (χ0n) is 16.8. The first kappa shape index (κ1) is 19.6. The number of ether oxygens (including phenoxy) is 1. The van der Waals surface area contributed by atoms with E-state index in [0.717, 1.165) is 24.0 Å². The normalized spacial score (nSPS) is 16.1. The Morgan fingerprint density at radius 2 is 1.76 bits per heavy atom. The molecule has 0 saturated heterocycles. The number of benzene rings is 2. The third kappa shape index (κ3) is 3.13. The van der Waals surface area contributed by atoms with E-state index in [4.69, 9.17) is 9.26 Å². The van der Waals surface area contributed by atoms with Crippen LogP contribution in [0.1, 0.15) is 42.7 Å². The van der Waals surface area contributed by atoms with Crippen LogP contribution in [-0.4, -0.2) is 25.7 Å². The smallest absolute Gasteiger partial charge is 0.248 e. The number of hydrogen-bond donors (Lipinski definition) is 0. The van der Waals surface area contributed by atoms with Crippen molar-refractivity contribution in [2.45, 2.75) is 49.2 Å². The highest BCUT2D eigenvalue weighted by Gasteiger charge is 2.52. The Kier molecular flexibility index (Phi) is 4.94. The number of hydrogen-bond acceptors (Lipinski definition) is 6. The van der Waals surface area contributed by atoms with Crippen molar-refractivity contribution < 1.29 is 17.7 Å². The number of rotatable bonds is 5. The number of nitrogens with zero attached hydrogens (tertiary/aromatic N) is 2. The van der Waals surface area contributed by atoms with Crippen molar-refractivity contribution in [3.05, 3.63) is 59.5 Å². The largest absolute Gasteiger partial charge is 0.496 e. The first-order valence-electron chi connectivity index (χ1n) is 9.68. The van der Waals surface area contributed by atoms with Crippen LogP contribution in [0.2, 0.25) is 0 Å². The van der Waals surface area contributed by atoms with E-state index in [2.05, 4.69) is 10.1 Å². The molecule has 0 aliphatic heterocycles. The molecule has 3 aromatic rings. The van der Waals surface area contributed by atoms with E-state index >= 15 is 0 Å². The van der Waals surface area contributed by atoms with Gasteiger partial charge in [0.1, 0.15) is 5.75 Å². The Hall–Kier alpha value is -2.67. The molecular formula is C22H24N2O4S. The molecule has 1 aliphatic carbocycles. The van der Waals surface area contributed by atoms with E-state index in [1.807, 2.05) is 44.2 Å². The van der Waals surface area contributed by atoms with Crippen molar-refractivity contribution in [1.82, 2.24) is 10.1 Å². The van der Waals surface area contributed by atoms with Crippen molar-refractivity contribution >= 4 is 9.84 Å². The van der Waals surface area contributed by atoms with Gasteiger partial charge in [-0.05, 0) is 62.1 Å². The van der Waals surface area contributed by atoms with E-state index < -0.39 is 14.6 Å². The molecule has 0 spiro atoms. The second kappa shape index (κ2) is 7.30. The van der Waals surface area contributed by atoms with E-state index in [0.29, 0.717) is 34.9 Å². The first-order valence-corrected chi connectivity index (χ1v) is 11.2. The Morgan fingerprint density at radius 1 is 1.03 bits per heavy atom. The molecule has 29 heavy (non-hydrogen) atoms. The van der Waals surface area contributed by atoms with Gasteiger partial charge in [-0.2, -0.15) is 4.98 Å². The molecule has 0 amide bonds. The molecular weight excluding hydrogens is 388 g/mol. The quantitative estimate of drug-likeness (QED) is 0.609. The lowest BCUT2D eigenvalue weighted by Gasteiger charge is -2.25. The standard InChI is InChI=1S/C22H24N2O4S/c1-15-10-11-17(14-16(15)2)29(25,26)22(12-6-7-13-22)21-23-20(24-28-21)18-8-4-5-9-19(18)27-3/h4-5,8-11,14H,6-7,12-13H2,1-3H3. The molecule has 4 rings (SSSR count). The summed E-state index contributed by atoms with van der Waals surface area (Å²) >= 11 is 0. The summed E-state index contributed by atoms with van der Waals surface area (Å²) in [6.07, 6.45) is 2.54. The summed E-state index contributed by atoms with van der Waals surface area (Å²) < 4.78 is 37.2.